The number of amides is 1. The number of hydrogen-bond donors (Lipinski definition) is 3. The Bertz CT molecular complexity index is 1000. The standard InChI is InChI=1S/C19H21F3N4O3/c1-18(2,29)12-9-14-11(10-24-25(14)6-7-27)8-15(12)26-13(17(23)28)4-3-5-16(26)19(20,21)22/h3-5,8-10,13,27,29H,6-7H2,1-2H3,(H2,23,28). The summed E-state index contributed by atoms with van der Waals surface area (Å²) in [7, 11) is 0. The second-order valence-corrected chi connectivity index (χ2v) is 7.23. The summed E-state index contributed by atoms with van der Waals surface area (Å²) in [5.41, 5.74) is 3.44. The summed E-state index contributed by atoms with van der Waals surface area (Å²) in [6.45, 7) is 2.86. The third-order valence-corrected chi connectivity index (χ3v) is 4.66. The maximum atomic E-state index is 13.8. The van der Waals surface area contributed by atoms with Crippen LogP contribution in [0.2, 0.25) is 0 Å². The Morgan fingerprint density at radius 2 is 2.00 bits per heavy atom. The molecule has 2 aromatic rings. The summed E-state index contributed by atoms with van der Waals surface area (Å²) in [6.07, 6.45) is -0.0571. The Morgan fingerprint density at radius 1 is 1.31 bits per heavy atom. The van der Waals surface area contributed by atoms with Gasteiger partial charge in [0.05, 0.1) is 30.5 Å². The van der Waals surface area contributed by atoms with Crippen molar-refractivity contribution in [3.05, 3.63) is 47.8 Å². The Kier molecular flexibility index (Phi) is 5.18. The molecular formula is C19H21F3N4O3. The summed E-state index contributed by atoms with van der Waals surface area (Å²) in [5, 5.41) is 24.5. The van der Waals surface area contributed by atoms with Crippen LogP contribution in [0.5, 0.6) is 0 Å². The van der Waals surface area contributed by atoms with Crippen LogP contribution in [0, 0.1) is 0 Å². The Hall–Kier alpha value is -2.85. The molecule has 1 aliphatic heterocycles. The lowest BCUT2D eigenvalue weighted by molar-refractivity contribution is -0.119. The van der Waals surface area contributed by atoms with Crippen molar-refractivity contribution in [1.29, 1.82) is 0 Å². The number of anilines is 1. The predicted octanol–water partition coefficient (Wildman–Crippen LogP) is 1.93. The van der Waals surface area contributed by atoms with Gasteiger partial charge >= 0.3 is 6.18 Å². The molecule has 0 spiro atoms. The van der Waals surface area contributed by atoms with Gasteiger partial charge < -0.3 is 20.8 Å². The highest BCUT2D eigenvalue weighted by atomic mass is 19.4. The van der Waals surface area contributed by atoms with E-state index in [1.165, 1.54) is 42.9 Å². The zero-order valence-corrected chi connectivity index (χ0v) is 15.8. The zero-order chi connectivity index (χ0) is 21.6. The highest BCUT2D eigenvalue weighted by molar-refractivity contribution is 5.91. The van der Waals surface area contributed by atoms with Gasteiger partial charge in [-0.25, -0.2) is 0 Å². The normalized spacial score (nSPS) is 17.7. The molecule has 1 unspecified atom stereocenters. The number of carbonyl (C=O) groups excluding carboxylic acids is 1. The molecule has 1 aliphatic rings. The number of benzene rings is 1. The molecule has 3 rings (SSSR count). The Balaban J connectivity index is 2.31. The van der Waals surface area contributed by atoms with Gasteiger partial charge in [-0.3, -0.25) is 9.48 Å². The number of alkyl halides is 3. The molecule has 2 heterocycles. The van der Waals surface area contributed by atoms with E-state index in [1.54, 1.807) is 0 Å². The van der Waals surface area contributed by atoms with E-state index in [-0.39, 0.29) is 24.4 Å². The van der Waals surface area contributed by atoms with E-state index in [2.05, 4.69) is 5.10 Å². The van der Waals surface area contributed by atoms with Crippen molar-refractivity contribution in [3.8, 4) is 0 Å². The average Bonchev–Trinajstić information content (AvgIpc) is 3.01. The number of primary amides is 1. The Labute approximate surface area is 164 Å². The third-order valence-electron chi connectivity index (χ3n) is 4.66. The second-order valence-electron chi connectivity index (χ2n) is 7.23. The minimum Gasteiger partial charge on any atom is -0.394 e. The van der Waals surface area contributed by atoms with Gasteiger partial charge in [-0.05, 0) is 32.1 Å². The van der Waals surface area contributed by atoms with E-state index >= 15 is 0 Å². The molecule has 0 saturated carbocycles. The van der Waals surface area contributed by atoms with Crippen LogP contribution in [0.4, 0.5) is 18.9 Å². The Morgan fingerprint density at radius 3 is 2.55 bits per heavy atom. The number of nitrogens with zero attached hydrogens (tertiary/aromatic N) is 3. The maximum Gasteiger partial charge on any atom is 0.431 e. The lowest BCUT2D eigenvalue weighted by atomic mass is 9.93. The molecule has 29 heavy (non-hydrogen) atoms. The number of hydrogen-bond acceptors (Lipinski definition) is 5. The van der Waals surface area contributed by atoms with Crippen molar-refractivity contribution in [2.45, 2.75) is 38.2 Å². The number of nitrogens with two attached hydrogens (primary N) is 1. The van der Waals surface area contributed by atoms with Crippen LogP contribution in [-0.4, -0.2) is 44.7 Å². The second kappa shape index (κ2) is 7.20. The molecule has 1 aromatic carbocycles. The molecule has 0 bridgehead atoms. The van der Waals surface area contributed by atoms with Crippen molar-refractivity contribution in [3.63, 3.8) is 0 Å². The van der Waals surface area contributed by atoms with Gasteiger partial charge in [-0.15, -0.1) is 0 Å². The fraction of sp³-hybridized carbons (Fsp3) is 0.368. The van der Waals surface area contributed by atoms with Gasteiger partial charge in [-0.2, -0.15) is 18.3 Å². The molecule has 0 fully saturated rings. The SMILES string of the molecule is CC(C)(O)c1cc2c(cnn2CCO)cc1N1C(C(F)(F)F)=CC=CC1C(N)=O. The molecule has 0 aliphatic carbocycles. The van der Waals surface area contributed by atoms with E-state index in [4.69, 9.17) is 5.73 Å². The number of carbonyl (C=O) groups is 1. The van der Waals surface area contributed by atoms with Crippen molar-refractivity contribution < 1.29 is 28.2 Å². The van der Waals surface area contributed by atoms with Gasteiger partial charge in [0.2, 0.25) is 5.91 Å². The smallest absolute Gasteiger partial charge is 0.394 e. The first kappa shape index (κ1) is 20.9. The van der Waals surface area contributed by atoms with E-state index in [0.29, 0.717) is 10.9 Å². The number of halogens is 3. The monoisotopic (exact) mass is 410 g/mol. The van der Waals surface area contributed by atoms with Gasteiger partial charge in [0.1, 0.15) is 11.7 Å². The molecule has 0 saturated heterocycles. The third kappa shape index (κ3) is 3.85. The van der Waals surface area contributed by atoms with Crippen LogP contribution in [0.1, 0.15) is 19.4 Å². The first-order valence-electron chi connectivity index (χ1n) is 8.82. The van der Waals surface area contributed by atoms with Gasteiger partial charge in [0.15, 0.2) is 0 Å². The summed E-state index contributed by atoms with van der Waals surface area (Å²) < 4.78 is 42.8. The largest absolute Gasteiger partial charge is 0.431 e. The molecule has 0 radical (unpaired) electrons. The number of allylic oxidation sites excluding steroid dienone is 3. The lowest BCUT2D eigenvalue weighted by Crippen LogP contribution is -2.48. The van der Waals surface area contributed by atoms with Crippen LogP contribution in [0.15, 0.2) is 42.3 Å². The minimum absolute atomic E-state index is 0.00901. The number of aromatic nitrogens is 2. The van der Waals surface area contributed by atoms with Crippen molar-refractivity contribution in [2.75, 3.05) is 11.5 Å². The molecular weight excluding hydrogens is 389 g/mol. The first-order chi connectivity index (χ1) is 13.4. The summed E-state index contributed by atoms with van der Waals surface area (Å²) >= 11 is 0. The first-order valence-corrected chi connectivity index (χ1v) is 8.82. The van der Waals surface area contributed by atoms with Gasteiger partial charge in [-0.1, -0.05) is 12.2 Å². The quantitative estimate of drug-likeness (QED) is 0.699. The number of aliphatic hydroxyl groups excluding tert-OH is 1. The van der Waals surface area contributed by atoms with Crippen molar-refractivity contribution >= 4 is 22.5 Å². The minimum atomic E-state index is -4.76. The van der Waals surface area contributed by atoms with Crippen LogP contribution in [0.3, 0.4) is 0 Å². The number of aliphatic hydroxyl groups is 2. The van der Waals surface area contributed by atoms with Gasteiger partial charge in [0.25, 0.3) is 0 Å². The summed E-state index contributed by atoms with van der Waals surface area (Å²) in [6, 6.07) is 1.55. The highest BCUT2D eigenvalue weighted by Crippen LogP contribution is 2.42. The highest BCUT2D eigenvalue weighted by Gasteiger charge is 2.44. The summed E-state index contributed by atoms with van der Waals surface area (Å²) in [4.78, 5) is 12.7. The number of fused-ring (bicyclic) bond motifs is 1. The van der Waals surface area contributed by atoms with Crippen LogP contribution >= 0.6 is 0 Å². The molecule has 156 valence electrons. The zero-order valence-electron chi connectivity index (χ0n) is 15.8. The molecule has 4 N–H and O–H groups in total. The fourth-order valence-electron chi connectivity index (χ4n) is 3.38. The van der Waals surface area contributed by atoms with Crippen molar-refractivity contribution in [2.24, 2.45) is 5.73 Å². The maximum absolute atomic E-state index is 13.8. The average molecular weight is 410 g/mol. The predicted molar refractivity (Wildman–Crippen MR) is 101 cm³/mol. The fourth-order valence-corrected chi connectivity index (χ4v) is 3.38. The van der Waals surface area contributed by atoms with Crippen molar-refractivity contribution in [1.82, 2.24) is 9.78 Å². The summed E-state index contributed by atoms with van der Waals surface area (Å²) in [5.74, 6) is -0.964. The van der Waals surface area contributed by atoms with Crippen LogP contribution < -0.4 is 10.6 Å². The van der Waals surface area contributed by atoms with E-state index in [9.17, 15) is 28.2 Å². The van der Waals surface area contributed by atoms with E-state index < -0.39 is 29.4 Å². The number of rotatable bonds is 5. The molecule has 1 amide bonds. The molecule has 1 atom stereocenters. The topological polar surface area (TPSA) is 105 Å². The van der Waals surface area contributed by atoms with Crippen LogP contribution in [-0.2, 0) is 16.9 Å². The molecule has 1 aromatic heterocycles. The van der Waals surface area contributed by atoms with E-state index in [1.807, 2.05) is 0 Å². The lowest BCUT2D eigenvalue weighted by Gasteiger charge is -2.37. The molecule has 10 heteroatoms. The van der Waals surface area contributed by atoms with Gasteiger partial charge in [0, 0.05) is 16.6 Å². The van der Waals surface area contributed by atoms with Crippen LogP contribution in [0.25, 0.3) is 10.9 Å². The van der Waals surface area contributed by atoms with E-state index in [0.717, 1.165) is 17.1 Å². The molecule has 7 nitrogen and oxygen atoms in total.